The molecule has 1 fully saturated rings. The molecule has 0 bridgehead atoms. The van der Waals surface area contributed by atoms with Gasteiger partial charge < -0.3 is 25.2 Å². The number of benzene rings is 2. The van der Waals surface area contributed by atoms with Crippen LogP contribution in [0.5, 0.6) is 5.75 Å². The number of rotatable bonds is 1. The highest BCUT2D eigenvalue weighted by Crippen LogP contribution is 2.37. The summed E-state index contributed by atoms with van der Waals surface area (Å²) >= 11 is 0. The first kappa shape index (κ1) is 24.2. The summed E-state index contributed by atoms with van der Waals surface area (Å²) in [7, 11) is 0. The highest BCUT2D eigenvalue weighted by atomic mass is 16.5. The Labute approximate surface area is 200 Å². The van der Waals surface area contributed by atoms with Gasteiger partial charge in [-0.15, -0.1) is 0 Å². The zero-order valence-corrected chi connectivity index (χ0v) is 19.9. The molecule has 2 aromatic rings. The summed E-state index contributed by atoms with van der Waals surface area (Å²) in [5.74, 6) is 0.329. The van der Waals surface area contributed by atoms with Gasteiger partial charge in [0.1, 0.15) is 5.75 Å². The molecule has 2 amide bonds. The molecule has 2 aromatic carbocycles. The topological polar surface area (TPSA) is 99.1 Å². The van der Waals surface area contributed by atoms with Crippen LogP contribution < -0.4 is 10.1 Å². The molecule has 182 valence electrons. The first-order valence-electron chi connectivity index (χ1n) is 12.0. The van der Waals surface area contributed by atoms with Crippen LogP contribution in [0.3, 0.4) is 0 Å². The van der Waals surface area contributed by atoms with Gasteiger partial charge in [-0.1, -0.05) is 30.3 Å². The summed E-state index contributed by atoms with van der Waals surface area (Å²) in [6.07, 6.45) is -0.0529. The smallest absolute Gasteiger partial charge is 0.257 e. The number of likely N-dealkylation sites (tertiary alicyclic amines) is 1. The molecule has 7 nitrogen and oxygen atoms in total. The number of aliphatic hydroxyl groups excluding tert-OH is 2. The zero-order valence-electron chi connectivity index (χ0n) is 19.9. The van der Waals surface area contributed by atoms with Crippen LogP contribution in [0.15, 0.2) is 42.5 Å². The van der Waals surface area contributed by atoms with Crippen LogP contribution in [0.2, 0.25) is 0 Å². The van der Waals surface area contributed by atoms with E-state index in [4.69, 9.17) is 4.74 Å². The van der Waals surface area contributed by atoms with Gasteiger partial charge in [-0.3, -0.25) is 9.59 Å². The van der Waals surface area contributed by atoms with Crippen molar-refractivity contribution in [1.82, 2.24) is 10.2 Å². The molecule has 2 aliphatic rings. The minimum absolute atomic E-state index is 0.0128. The average molecular weight is 467 g/mol. The lowest BCUT2D eigenvalue weighted by Crippen LogP contribution is -2.51. The molecule has 2 atom stereocenters. The zero-order chi connectivity index (χ0) is 24.3. The van der Waals surface area contributed by atoms with Crippen molar-refractivity contribution < 1.29 is 24.5 Å². The number of nitrogens with one attached hydrogen (secondary N) is 1. The molecule has 0 radical (unpaired) electrons. The second kappa shape index (κ2) is 10.2. The van der Waals surface area contributed by atoms with E-state index in [0.717, 1.165) is 16.7 Å². The average Bonchev–Trinajstić information content (AvgIpc) is 2.83. The Morgan fingerprint density at radius 1 is 1.06 bits per heavy atom. The number of carbonyl (C=O) groups is 2. The van der Waals surface area contributed by atoms with E-state index in [0.29, 0.717) is 50.2 Å². The quantitative estimate of drug-likeness (QED) is 0.599. The van der Waals surface area contributed by atoms with Crippen molar-refractivity contribution in [2.75, 3.05) is 26.2 Å². The molecule has 0 unspecified atom stereocenters. The van der Waals surface area contributed by atoms with Crippen molar-refractivity contribution in [3.05, 3.63) is 64.7 Å². The molecule has 2 aliphatic heterocycles. The number of aliphatic hydroxyl groups is 2. The Hall–Kier alpha value is -2.90. The lowest BCUT2D eigenvalue weighted by atomic mass is 9.73. The van der Waals surface area contributed by atoms with E-state index in [2.05, 4.69) is 5.32 Å². The Morgan fingerprint density at radius 3 is 2.56 bits per heavy atom. The van der Waals surface area contributed by atoms with Gasteiger partial charge >= 0.3 is 0 Å². The molecule has 4 rings (SSSR count). The number of nitrogens with zero attached hydrogens (tertiary/aromatic N) is 1. The second-order valence-electron chi connectivity index (χ2n) is 9.76. The Kier molecular flexibility index (Phi) is 7.24. The van der Waals surface area contributed by atoms with Gasteiger partial charge in [-0.25, -0.2) is 0 Å². The third-order valence-electron chi connectivity index (χ3n) is 7.45. The van der Waals surface area contributed by atoms with E-state index < -0.39 is 17.6 Å². The summed E-state index contributed by atoms with van der Waals surface area (Å²) in [4.78, 5) is 27.5. The monoisotopic (exact) mass is 466 g/mol. The van der Waals surface area contributed by atoms with E-state index in [9.17, 15) is 19.8 Å². The first-order valence-corrected chi connectivity index (χ1v) is 12.0. The number of amides is 2. The first-order chi connectivity index (χ1) is 16.3. The highest BCUT2D eigenvalue weighted by Gasteiger charge is 2.40. The number of aryl methyl sites for hydroxylation is 1. The lowest BCUT2D eigenvalue weighted by Gasteiger charge is -2.43. The fraction of sp³-hybridized carbons (Fsp3) is 0.481. The molecule has 0 aliphatic carbocycles. The number of hydrogen-bond donors (Lipinski definition) is 3. The third kappa shape index (κ3) is 5.26. The fourth-order valence-electron chi connectivity index (χ4n) is 5.03. The van der Waals surface area contributed by atoms with E-state index in [1.54, 1.807) is 6.07 Å². The van der Waals surface area contributed by atoms with E-state index in [1.165, 1.54) is 0 Å². The molecule has 2 heterocycles. The summed E-state index contributed by atoms with van der Waals surface area (Å²) < 4.78 is 5.69. The number of ether oxygens (including phenoxy) is 1. The van der Waals surface area contributed by atoms with Crippen molar-refractivity contribution >= 4 is 11.8 Å². The standard InChI is InChI=1S/C27H34N2O5/c1-18-6-5-8-21(19(18)2)26(33)29-12-10-27(11-13-29)15-23(31)22(30)14-20-7-3-4-9-24(20)34-16-25(32)28-17-27/h3-9,22-23,30-31H,10-17H2,1-2H3,(H,28,32)/t22-,23+/m0/s1. The molecule has 0 aromatic heterocycles. The molecule has 1 spiro atoms. The molecule has 3 N–H and O–H groups in total. The maximum atomic E-state index is 13.2. The molecular weight excluding hydrogens is 432 g/mol. The number of para-hydroxylation sites is 1. The number of piperidine rings is 1. The maximum absolute atomic E-state index is 13.2. The van der Waals surface area contributed by atoms with Crippen LogP contribution >= 0.6 is 0 Å². The maximum Gasteiger partial charge on any atom is 0.257 e. The van der Waals surface area contributed by atoms with Crippen LogP contribution in [0.4, 0.5) is 0 Å². The largest absolute Gasteiger partial charge is 0.483 e. The van der Waals surface area contributed by atoms with Gasteiger partial charge in [-0.05, 0) is 67.3 Å². The second-order valence-corrected chi connectivity index (χ2v) is 9.76. The van der Waals surface area contributed by atoms with Crippen molar-refractivity contribution in [1.29, 1.82) is 0 Å². The Bertz CT molecular complexity index is 1050. The third-order valence-corrected chi connectivity index (χ3v) is 7.45. The van der Waals surface area contributed by atoms with Crippen LogP contribution in [0.25, 0.3) is 0 Å². The number of hydrogen-bond acceptors (Lipinski definition) is 5. The summed E-state index contributed by atoms with van der Waals surface area (Å²) in [6.45, 7) is 5.29. The van der Waals surface area contributed by atoms with Crippen molar-refractivity contribution in [2.45, 2.75) is 51.7 Å². The van der Waals surface area contributed by atoms with Crippen molar-refractivity contribution in [3.63, 3.8) is 0 Å². The van der Waals surface area contributed by atoms with Crippen LogP contribution in [0, 0.1) is 19.3 Å². The van der Waals surface area contributed by atoms with E-state index in [1.807, 2.05) is 55.1 Å². The molecule has 0 saturated carbocycles. The Morgan fingerprint density at radius 2 is 1.79 bits per heavy atom. The van der Waals surface area contributed by atoms with Crippen LogP contribution in [0.1, 0.15) is 46.3 Å². The normalized spacial score (nSPS) is 23.2. The lowest BCUT2D eigenvalue weighted by molar-refractivity contribution is -0.124. The van der Waals surface area contributed by atoms with Gasteiger partial charge in [-0.2, -0.15) is 0 Å². The Balaban J connectivity index is 1.49. The summed E-state index contributed by atoms with van der Waals surface area (Å²) in [6, 6.07) is 13.0. The molecule has 7 heteroatoms. The van der Waals surface area contributed by atoms with E-state index >= 15 is 0 Å². The summed E-state index contributed by atoms with van der Waals surface area (Å²) in [5.41, 5.74) is 3.14. The van der Waals surface area contributed by atoms with Gasteiger partial charge in [0, 0.05) is 31.6 Å². The minimum Gasteiger partial charge on any atom is -0.483 e. The minimum atomic E-state index is -0.953. The van der Waals surface area contributed by atoms with Crippen molar-refractivity contribution in [2.24, 2.45) is 5.41 Å². The van der Waals surface area contributed by atoms with E-state index in [-0.39, 0.29) is 24.8 Å². The van der Waals surface area contributed by atoms with Crippen molar-refractivity contribution in [3.8, 4) is 5.75 Å². The van der Waals surface area contributed by atoms with Gasteiger partial charge in [0.2, 0.25) is 0 Å². The fourth-order valence-corrected chi connectivity index (χ4v) is 5.03. The van der Waals surface area contributed by atoms with Crippen LogP contribution in [-0.2, 0) is 11.2 Å². The van der Waals surface area contributed by atoms with Gasteiger partial charge in [0.15, 0.2) is 6.61 Å². The molecule has 34 heavy (non-hydrogen) atoms. The summed E-state index contributed by atoms with van der Waals surface area (Å²) in [5, 5.41) is 24.6. The predicted octanol–water partition coefficient (Wildman–Crippen LogP) is 2.39. The number of carbonyl (C=O) groups excluding carboxylic acids is 2. The van der Waals surface area contributed by atoms with Gasteiger partial charge in [0.05, 0.1) is 12.2 Å². The highest BCUT2D eigenvalue weighted by molar-refractivity contribution is 5.96. The SMILES string of the molecule is Cc1cccc(C(=O)N2CCC3(CC2)CNC(=O)COc2ccccc2C[C@H](O)[C@H](O)C3)c1C. The molecular formula is C27H34N2O5. The van der Waals surface area contributed by atoms with Crippen LogP contribution in [-0.4, -0.2) is 65.4 Å². The number of fused-ring (bicyclic) bond motifs is 1. The molecule has 1 saturated heterocycles. The predicted molar refractivity (Wildman–Crippen MR) is 129 cm³/mol. The van der Waals surface area contributed by atoms with Gasteiger partial charge in [0.25, 0.3) is 11.8 Å².